The van der Waals surface area contributed by atoms with Crippen LogP contribution in [0.5, 0.6) is 5.75 Å². The van der Waals surface area contributed by atoms with Gasteiger partial charge in [-0.15, -0.1) is 11.3 Å². The number of rotatable bonds is 5. The van der Waals surface area contributed by atoms with Crippen molar-refractivity contribution in [1.82, 2.24) is 4.98 Å². The van der Waals surface area contributed by atoms with Crippen LogP contribution in [0.1, 0.15) is 16.3 Å². The smallest absolute Gasteiger partial charge is 0.153 e. The Balaban J connectivity index is 2.05. The van der Waals surface area contributed by atoms with E-state index in [1.165, 1.54) is 17.6 Å². The van der Waals surface area contributed by atoms with Gasteiger partial charge >= 0.3 is 0 Å². The number of hydrogen-bond donors (Lipinski definition) is 0. The fourth-order valence-electron chi connectivity index (χ4n) is 1.65. The molecular formula is C13H14ClNO3S2. The Labute approximate surface area is 127 Å². The van der Waals surface area contributed by atoms with Crippen molar-refractivity contribution in [3.63, 3.8) is 0 Å². The van der Waals surface area contributed by atoms with Crippen molar-refractivity contribution in [2.45, 2.75) is 19.3 Å². The van der Waals surface area contributed by atoms with Gasteiger partial charge in [0.25, 0.3) is 0 Å². The van der Waals surface area contributed by atoms with Crippen LogP contribution in [-0.2, 0) is 22.2 Å². The summed E-state index contributed by atoms with van der Waals surface area (Å²) in [6.07, 6.45) is 1.19. The van der Waals surface area contributed by atoms with Crippen LogP contribution >= 0.6 is 22.9 Å². The molecule has 0 aliphatic rings. The van der Waals surface area contributed by atoms with Crippen LogP contribution in [-0.4, -0.2) is 19.7 Å². The molecule has 0 fully saturated rings. The maximum atomic E-state index is 11.2. The summed E-state index contributed by atoms with van der Waals surface area (Å²) in [4.78, 5) is 4.24. The first-order chi connectivity index (χ1) is 9.35. The number of ether oxygens (including phenoxy) is 1. The summed E-state index contributed by atoms with van der Waals surface area (Å²) in [5, 5.41) is 2.92. The van der Waals surface area contributed by atoms with Gasteiger partial charge in [-0.25, -0.2) is 13.4 Å². The van der Waals surface area contributed by atoms with E-state index >= 15 is 0 Å². The van der Waals surface area contributed by atoms with E-state index < -0.39 is 9.84 Å². The second-order valence-corrected chi connectivity index (χ2v) is 7.97. The van der Waals surface area contributed by atoms with Crippen LogP contribution in [0.25, 0.3) is 0 Å². The third kappa shape index (κ3) is 4.19. The molecule has 0 spiro atoms. The average Bonchev–Trinajstić information content (AvgIpc) is 2.73. The summed E-state index contributed by atoms with van der Waals surface area (Å²) >= 11 is 7.38. The summed E-state index contributed by atoms with van der Waals surface area (Å²) < 4.78 is 28.1. The summed E-state index contributed by atoms with van der Waals surface area (Å²) in [7, 11) is -3.06. The van der Waals surface area contributed by atoms with Gasteiger partial charge in [0.1, 0.15) is 23.1 Å². The summed E-state index contributed by atoms with van der Waals surface area (Å²) in [6.45, 7) is 2.18. The number of para-hydroxylation sites is 1. The predicted octanol–water partition coefficient (Wildman–Crippen LogP) is 3.23. The molecule has 0 N–H and O–H groups in total. The van der Waals surface area contributed by atoms with Gasteiger partial charge in [0.2, 0.25) is 0 Å². The highest BCUT2D eigenvalue weighted by Crippen LogP contribution is 2.28. The van der Waals surface area contributed by atoms with Crippen molar-refractivity contribution >= 4 is 32.8 Å². The molecule has 20 heavy (non-hydrogen) atoms. The van der Waals surface area contributed by atoms with Crippen molar-refractivity contribution in [3.8, 4) is 5.75 Å². The van der Waals surface area contributed by atoms with Gasteiger partial charge in [0, 0.05) is 11.6 Å². The lowest BCUT2D eigenvalue weighted by Crippen LogP contribution is -2.02. The number of aryl methyl sites for hydroxylation is 1. The molecule has 0 bridgehead atoms. The molecular weight excluding hydrogens is 318 g/mol. The molecule has 0 unspecified atom stereocenters. The van der Waals surface area contributed by atoms with Crippen LogP contribution in [0.2, 0.25) is 5.02 Å². The van der Waals surface area contributed by atoms with Crippen molar-refractivity contribution in [1.29, 1.82) is 0 Å². The van der Waals surface area contributed by atoms with E-state index in [0.717, 1.165) is 5.56 Å². The fraction of sp³-hybridized carbons (Fsp3) is 0.308. The highest BCUT2D eigenvalue weighted by molar-refractivity contribution is 7.90. The van der Waals surface area contributed by atoms with Gasteiger partial charge in [0.05, 0.1) is 10.7 Å². The minimum absolute atomic E-state index is 0.0389. The lowest BCUT2D eigenvalue weighted by Gasteiger charge is -2.09. The van der Waals surface area contributed by atoms with Crippen LogP contribution in [0, 0.1) is 6.92 Å². The number of hydrogen-bond acceptors (Lipinski definition) is 5. The number of nitrogens with zero attached hydrogens (tertiary/aromatic N) is 1. The highest BCUT2D eigenvalue weighted by Gasteiger charge is 2.10. The molecule has 0 saturated carbocycles. The molecule has 0 radical (unpaired) electrons. The predicted molar refractivity (Wildman–Crippen MR) is 81.2 cm³/mol. The number of thiazole rings is 1. The summed E-state index contributed by atoms with van der Waals surface area (Å²) in [5.74, 6) is 0.592. The molecule has 2 aromatic rings. The van der Waals surface area contributed by atoms with Crippen LogP contribution in [0.15, 0.2) is 23.6 Å². The Bertz CT molecular complexity index is 690. The Morgan fingerprint density at radius 3 is 2.80 bits per heavy atom. The largest absolute Gasteiger partial charge is 0.485 e. The normalized spacial score (nSPS) is 11.6. The van der Waals surface area contributed by atoms with Gasteiger partial charge in [-0.1, -0.05) is 23.7 Å². The molecule has 1 heterocycles. The second kappa shape index (κ2) is 6.11. The maximum absolute atomic E-state index is 11.2. The minimum Gasteiger partial charge on any atom is -0.485 e. The van der Waals surface area contributed by atoms with Gasteiger partial charge in [0.15, 0.2) is 9.84 Å². The third-order valence-corrected chi connectivity index (χ3v) is 4.69. The molecule has 0 atom stereocenters. The zero-order valence-corrected chi connectivity index (χ0v) is 13.5. The topological polar surface area (TPSA) is 56.3 Å². The van der Waals surface area contributed by atoms with Crippen molar-refractivity contribution in [3.05, 3.63) is 44.9 Å². The molecule has 7 heteroatoms. The zero-order valence-electron chi connectivity index (χ0n) is 11.1. The zero-order chi connectivity index (χ0) is 14.8. The van der Waals surface area contributed by atoms with E-state index in [1.807, 2.05) is 19.1 Å². The van der Waals surface area contributed by atoms with E-state index in [1.54, 1.807) is 11.4 Å². The van der Waals surface area contributed by atoms with E-state index in [2.05, 4.69) is 4.98 Å². The Hall–Kier alpha value is -1.11. The SMILES string of the molecule is Cc1cccc(Cl)c1OCc1csc(CS(C)(=O)=O)n1. The van der Waals surface area contributed by atoms with E-state index in [4.69, 9.17) is 16.3 Å². The molecule has 0 aliphatic heterocycles. The molecule has 0 saturated heterocycles. The fourth-order valence-corrected chi connectivity index (χ4v) is 3.92. The van der Waals surface area contributed by atoms with Crippen molar-refractivity contribution < 1.29 is 13.2 Å². The number of aromatic nitrogens is 1. The molecule has 1 aromatic carbocycles. The monoisotopic (exact) mass is 331 g/mol. The summed E-state index contributed by atoms with van der Waals surface area (Å²) in [5.41, 5.74) is 1.65. The second-order valence-electron chi connectivity index (χ2n) is 4.48. The number of sulfone groups is 1. The van der Waals surface area contributed by atoms with Crippen LogP contribution in [0.3, 0.4) is 0 Å². The summed E-state index contributed by atoms with van der Waals surface area (Å²) in [6, 6.07) is 5.54. The first-order valence-electron chi connectivity index (χ1n) is 5.84. The minimum atomic E-state index is -3.06. The first kappa shape index (κ1) is 15.3. The van der Waals surface area contributed by atoms with Crippen LogP contribution in [0.4, 0.5) is 0 Å². The Morgan fingerprint density at radius 2 is 2.15 bits per heavy atom. The van der Waals surface area contributed by atoms with Gasteiger partial charge in [-0.3, -0.25) is 0 Å². The molecule has 108 valence electrons. The quantitative estimate of drug-likeness (QED) is 0.844. The first-order valence-corrected chi connectivity index (χ1v) is 9.16. The lowest BCUT2D eigenvalue weighted by molar-refractivity contribution is 0.300. The number of benzene rings is 1. The third-order valence-electron chi connectivity index (χ3n) is 2.51. The molecule has 0 aliphatic carbocycles. The molecule has 4 nitrogen and oxygen atoms in total. The Kier molecular flexibility index (Phi) is 4.67. The van der Waals surface area contributed by atoms with Crippen molar-refractivity contribution in [2.75, 3.05) is 6.26 Å². The average molecular weight is 332 g/mol. The number of halogens is 1. The lowest BCUT2D eigenvalue weighted by atomic mass is 10.2. The van der Waals surface area contributed by atoms with Gasteiger partial charge < -0.3 is 4.74 Å². The van der Waals surface area contributed by atoms with Gasteiger partial charge in [-0.05, 0) is 18.6 Å². The van der Waals surface area contributed by atoms with E-state index in [9.17, 15) is 8.42 Å². The van der Waals surface area contributed by atoms with Crippen molar-refractivity contribution in [2.24, 2.45) is 0 Å². The maximum Gasteiger partial charge on any atom is 0.153 e. The molecule has 2 rings (SSSR count). The highest BCUT2D eigenvalue weighted by atomic mass is 35.5. The molecule has 0 amide bonds. The van der Waals surface area contributed by atoms with E-state index in [-0.39, 0.29) is 12.4 Å². The molecule has 1 aromatic heterocycles. The van der Waals surface area contributed by atoms with Crippen LogP contribution < -0.4 is 4.74 Å². The van der Waals surface area contributed by atoms with Gasteiger partial charge in [-0.2, -0.15) is 0 Å². The standard InChI is InChI=1S/C13H14ClNO3S2/c1-9-4-3-5-11(14)13(9)18-6-10-7-19-12(15-10)8-20(2,16)17/h3-5,7H,6,8H2,1-2H3. The van der Waals surface area contributed by atoms with E-state index in [0.29, 0.717) is 21.5 Å². The Morgan fingerprint density at radius 1 is 1.40 bits per heavy atom.